The molecule has 76 valence electrons. The van der Waals surface area contributed by atoms with E-state index in [9.17, 15) is 4.79 Å². The van der Waals surface area contributed by atoms with Crippen LogP contribution in [0.25, 0.3) is 0 Å². The van der Waals surface area contributed by atoms with Gasteiger partial charge >= 0.3 is 88.9 Å². The second-order valence-corrected chi connectivity index (χ2v) is 18.8. The van der Waals surface area contributed by atoms with Gasteiger partial charge in [-0.05, 0) is 0 Å². The van der Waals surface area contributed by atoms with Crippen LogP contribution in [0.4, 0.5) is 0 Å². The van der Waals surface area contributed by atoms with Crippen LogP contribution in [0, 0.1) is 0 Å². The van der Waals surface area contributed by atoms with E-state index in [2.05, 4.69) is 14.8 Å². The van der Waals surface area contributed by atoms with E-state index >= 15 is 0 Å². The van der Waals surface area contributed by atoms with Gasteiger partial charge in [0.25, 0.3) is 0 Å². The van der Waals surface area contributed by atoms with Gasteiger partial charge in [-0.2, -0.15) is 0 Å². The Hall–Kier alpha value is -0.511. The molecule has 3 heteroatoms. The van der Waals surface area contributed by atoms with Crippen LogP contribution in [-0.2, 0) is 0 Å². The van der Waals surface area contributed by atoms with Gasteiger partial charge < -0.3 is 0 Å². The van der Waals surface area contributed by atoms with Crippen LogP contribution in [0.1, 0.15) is 0 Å². The molecule has 1 aromatic rings. The summed E-state index contributed by atoms with van der Waals surface area (Å²) in [4.78, 5) is 18.4. The minimum absolute atomic E-state index is 0.0470. The van der Waals surface area contributed by atoms with Crippen molar-refractivity contribution in [3.63, 3.8) is 0 Å². The van der Waals surface area contributed by atoms with Crippen molar-refractivity contribution < 1.29 is 4.74 Å². The van der Waals surface area contributed by atoms with Gasteiger partial charge in [-0.15, -0.1) is 0 Å². The average Bonchev–Trinajstić information content (AvgIpc) is 2.25. The van der Waals surface area contributed by atoms with Crippen molar-refractivity contribution in [3.05, 3.63) is 34.5 Å². The van der Waals surface area contributed by atoms with Gasteiger partial charge in [0.2, 0.25) is 0 Å². The zero-order valence-electron chi connectivity index (χ0n) is 9.13. The van der Waals surface area contributed by atoms with Gasteiger partial charge in [0, 0.05) is 0 Å². The summed E-state index contributed by atoms with van der Waals surface area (Å²) >= 11 is -2.05. The Morgan fingerprint density at radius 2 is 1.64 bits per heavy atom. The monoisotopic (exact) mass is 300 g/mol. The van der Waals surface area contributed by atoms with E-state index in [1.807, 2.05) is 12.1 Å². The second kappa shape index (κ2) is 4.34. The van der Waals surface area contributed by atoms with Crippen molar-refractivity contribution in [2.75, 3.05) is 7.11 Å². The van der Waals surface area contributed by atoms with Gasteiger partial charge in [0.05, 0.1) is 0 Å². The van der Waals surface area contributed by atoms with Gasteiger partial charge in [0.15, 0.2) is 0 Å². The molecule has 0 heterocycles. The van der Waals surface area contributed by atoms with Crippen molar-refractivity contribution in [2.24, 2.45) is 0 Å². The molecule has 0 saturated heterocycles. The molecule has 0 N–H and O–H groups in total. The molecule has 0 aliphatic rings. The summed E-state index contributed by atoms with van der Waals surface area (Å²) in [6.07, 6.45) is 0. The van der Waals surface area contributed by atoms with E-state index in [0.717, 1.165) is 0 Å². The number of ether oxygens (including phenoxy) is 1. The summed E-state index contributed by atoms with van der Waals surface area (Å²) in [7, 11) is 1.52. The maximum atomic E-state index is 11.4. The van der Waals surface area contributed by atoms with E-state index in [1.165, 1.54) is 10.7 Å². The van der Waals surface area contributed by atoms with Crippen LogP contribution in [0.15, 0.2) is 29.1 Å². The summed E-state index contributed by atoms with van der Waals surface area (Å²) in [5, 5.41) is 0. The molecule has 0 aliphatic heterocycles. The van der Waals surface area contributed by atoms with Crippen LogP contribution >= 0.6 is 0 Å². The molecule has 0 fully saturated rings. The van der Waals surface area contributed by atoms with Crippen LogP contribution in [-0.4, -0.2) is 25.5 Å². The molecular weight excluding hydrogens is 283 g/mol. The van der Waals surface area contributed by atoms with Gasteiger partial charge in [-0.3, -0.25) is 0 Å². The summed E-state index contributed by atoms with van der Waals surface area (Å²) < 4.78 is 6.32. The molecule has 0 bridgehead atoms. The van der Waals surface area contributed by atoms with Gasteiger partial charge in [0.1, 0.15) is 0 Å². The fourth-order valence-corrected chi connectivity index (χ4v) is 4.55. The number of methoxy groups -OCH3 is 1. The molecule has 2 nitrogen and oxygen atoms in total. The zero-order valence-corrected chi connectivity index (χ0v) is 12.0. The first-order valence-corrected chi connectivity index (χ1v) is 14.6. The number of rotatable bonds is 2. The molecule has 0 aliphatic carbocycles. The standard InChI is InChI=1S/C8H7O2.3CH3.Sn/c1-10-8-6-4-2-3-5-7(8)9;;;;/h3-6H,1H3;3*1H3;. The normalized spacial score (nSPS) is 11.1. The molecular formula is C11H16O2Sn. The maximum absolute atomic E-state index is 11.4. The van der Waals surface area contributed by atoms with E-state index < -0.39 is 18.4 Å². The fraction of sp³-hybridized carbons (Fsp3) is 0.364. The number of hydrogen-bond acceptors (Lipinski definition) is 2. The third-order valence-electron chi connectivity index (χ3n) is 2.16. The van der Waals surface area contributed by atoms with E-state index in [0.29, 0.717) is 5.75 Å². The molecule has 1 aromatic carbocycles. The third kappa shape index (κ3) is 2.74. The first-order chi connectivity index (χ1) is 6.45. The number of hydrogen-bond donors (Lipinski definition) is 0. The molecule has 1 rings (SSSR count). The molecule has 0 atom stereocenters. The quantitative estimate of drug-likeness (QED) is 0.775. The molecule has 0 spiro atoms. The third-order valence-corrected chi connectivity index (χ3v) is 8.05. The van der Waals surface area contributed by atoms with Crippen molar-refractivity contribution in [1.29, 1.82) is 0 Å². The van der Waals surface area contributed by atoms with Crippen LogP contribution < -0.4 is 13.7 Å². The molecule has 0 radical (unpaired) electrons. The molecule has 14 heavy (non-hydrogen) atoms. The zero-order chi connectivity index (χ0) is 10.8. The second-order valence-electron chi connectivity index (χ2n) is 4.30. The van der Waals surface area contributed by atoms with Crippen LogP contribution in [0.3, 0.4) is 0 Å². The summed E-state index contributed by atoms with van der Waals surface area (Å²) in [6, 6.07) is 7.35. The van der Waals surface area contributed by atoms with E-state index in [-0.39, 0.29) is 5.43 Å². The minimum atomic E-state index is -2.05. The van der Waals surface area contributed by atoms with Crippen molar-refractivity contribution >= 4 is 22.0 Å². The molecule has 0 saturated carbocycles. The Bertz CT molecular complexity index is 380. The van der Waals surface area contributed by atoms with Crippen molar-refractivity contribution in [3.8, 4) is 5.75 Å². The SMILES string of the molecule is COc1cc[c]([Sn]([CH3])([CH3])[CH3])ccc1=O. The topological polar surface area (TPSA) is 26.3 Å². The summed E-state index contributed by atoms with van der Waals surface area (Å²) in [5.41, 5.74) is -0.0470. The Labute approximate surface area is 88.8 Å². The Morgan fingerprint density at radius 1 is 1.07 bits per heavy atom. The predicted octanol–water partition coefficient (Wildman–Crippen LogP) is 1.60. The fourth-order valence-electron chi connectivity index (χ4n) is 1.22. The average molecular weight is 299 g/mol. The first-order valence-electron chi connectivity index (χ1n) is 4.64. The van der Waals surface area contributed by atoms with Crippen molar-refractivity contribution in [1.82, 2.24) is 0 Å². The predicted molar refractivity (Wildman–Crippen MR) is 62.2 cm³/mol. The van der Waals surface area contributed by atoms with Gasteiger partial charge in [-0.1, -0.05) is 0 Å². The summed E-state index contributed by atoms with van der Waals surface area (Å²) in [5.74, 6) is 0.423. The van der Waals surface area contributed by atoms with Gasteiger partial charge in [-0.25, -0.2) is 0 Å². The van der Waals surface area contributed by atoms with E-state index in [1.54, 1.807) is 12.1 Å². The first kappa shape index (κ1) is 11.6. The Kier molecular flexibility index (Phi) is 3.58. The Balaban J connectivity index is 3.30. The van der Waals surface area contributed by atoms with Crippen LogP contribution in [0.2, 0.25) is 14.8 Å². The summed E-state index contributed by atoms with van der Waals surface area (Å²) in [6.45, 7) is 0. The van der Waals surface area contributed by atoms with Crippen LogP contribution in [0.5, 0.6) is 5.75 Å². The molecule has 0 aromatic heterocycles. The van der Waals surface area contributed by atoms with Crippen molar-refractivity contribution in [2.45, 2.75) is 14.8 Å². The Morgan fingerprint density at radius 3 is 2.14 bits per heavy atom. The van der Waals surface area contributed by atoms with E-state index in [4.69, 9.17) is 4.74 Å². The molecule has 0 amide bonds. The molecule has 0 unspecified atom stereocenters.